The average molecular weight is 235 g/mol. The van der Waals surface area contributed by atoms with Crippen LogP contribution in [0.3, 0.4) is 0 Å². The molecule has 0 bridgehead atoms. The molecule has 1 aliphatic carbocycles. The van der Waals surface area contributed by atoms with Gasteiger partial charge in [-0.25, -0.2) is 0 Å². The molecule has 17 heavy (non-hydrogen) atoms. The fourth-order valence-corrected chi connectivity index (χ4v) is 2.63. The zero-order valence-electron chi connectivity index (χ0n) is 10.6. The predicted molar refractivity (Wildman–Crippen MR) is 68.6 cm³/mol. The molecule has 0 spiro atoms. The van der Waals surface area contributed by atoms with E-state index in [1.165, 1.54) is 18.4 Å². The maximum Gasteiger partial charge on any atom is 0.160 e. The van der Waals surface area contributed by atoms with Gasteiger partial charge in [-0.15, -0.1) is 0 Å². The van der Waals surface area contributed by atoms with Gasteiger partial charge >= 0.3 is 0 Å². The minimum absolute atomic E-state index is 0.364. The molecule has 0 heterocycles. The summed E-state index contributed by atoms with van der Waals surface area (Å²) in [6.45, 7) is 0. The van der Waals surface area contributed by atoms with Gasteiger partial charge in [0.15, 0.2) is 11.5 Å². The molecular weight excluding hydrogens is 214 g/mol. The molecule has 3 nitrogen and oxygen atoms in total. The van der Waals surface area contributed by atoms with Crippen LogP contribution in [0.15, 0.2) is 18.2 Å². The number of nitrogens with two attached hydrogens (primary N) is 1. The van der Waals surface area contributed by atoms with Crippen LogP contribution >= 0.6 is 0 Å². The van der Waals surface area contributed by atoms with Gasteiger partial charge in [0, 0.05) is 6.04 Å². The summed E-state index contributed by atoms with van der Waals surface area (Å²) < 4.78 is 10.5. The second-order valence-corrected chi connectivity index (χ2v) is 4.75. The number of rotatable bonds is 4. The third-order valence-corrected chi connectivity index (χ3v) is 3.66. The van der Waals surface area contributed by atoms with Crippen molar-refractivity contribution >= 4 is 0 Å². The smallest absolute Gasteiger partial charge is 0.160 e. The van der Waals surface area contributed by atoms with Crippen LogP contribution in [-0.4, -0.2) is 20.3 Å². The van der Waals surface area contributed by atoms with E-state index in [0.29, 0.717) is 12.0 Å². The Labute approximate surface area is 103 Å². The van der Waals surface area contributed by atoms with E-state index in [2.05, 4.69) is 12.1 Å². The molecule has 0 saturated heterocycles. The van der Waals surface area contributed by atoms with Crippen LogP contribution in [0.5, 0.6) is 11.5 Å². The Hall–Kier alpha value is -1.22. The van der Waals surface area contributed by atoms with Gasteiger partial charge in [0.1, 0.15) is 0 Å². The zero-order valence-corrected chi connectivity index (χ0v) is 10.6. The third-order valence-electron chi connectivity index (χ3n) is 3.66. The second-order valence-electron chi connectivity index (χ2n) is 4.75. The Kier molecular flexibility index (Phi) is 3.89. The molecule has 3 heteroatoms. The highest BCUT2D eigenvalue weighted by Gasteiger charge is 2.24. The van der Waals surface area contributed by atoms with Crippen molar-refractivity contribution in [1.82, 2.24) is 0 Å². The van der Waals surface area contributed by atoms with E-state index >= 15 is 0 Å². The van der Waals surface area contributed by atoms with Crippen LogP contribution in [-0.2, 0) is 6.42 Å². The van der Waals surface area contributed by atoms with E-state index in [1.54, 1.807) is 14.2 Å². The topological polar surface area (TPSA) is 44.5 Å². The van der Waals surface area contributed by atoms with Crippen LogP contribution in [0.4, 0.5) is 0 Å². The van der Waals surface area contributed by atoms with Crippen LogP contribution < -0.4 is 15.2 Å². The molecule has 1 aromatic carbocycles. The molecule has 1 saturated carbocycles. The Morgan fingerprint density at radius 1 is 1.18 bits per heavy atom. The van der Waals surface area contributed by atoms with Gasteiger partial charge in [0.2, 0.25) is 0 Å². The Bertz CT molecular complexity index is 378. The molecule has 0 aromatic heterocycles. The monoisotopic (exact) mass is 235 g/mol. The molecule has 0 radical (unpaired) electrons. The van der Waals surface area contributed by atoms with Gasteiger partial charge in [-0.1, -0.05) is 12.5 Å². The Morgan fingerprint density at radius 2 is 1.94 bits per heavy atom. The largest absolute Gasteiger partial charge is 0.493 e. The standard InChI is InChI=1S/C14H21NO2/c1-16-13-7-6-10(9-14(13)17-2)8-11-4-3-5-12(11)15/h6-7,9,11-12H,3-5,8,15H2,1-2H3. The van der Waals surface area contributed by atoms with Crippen molar-refractivity contribution < 1.29 is 9.47 Å². The van der Waals surface area contributed by atoms with Crippen LogP contribution in [0, 0.1) is 5.92 Å². The summed E-state index contributed by atoms with van der Waals surface area (Å²) >= 11 is 0. The molecule has 2 atom stereocenters. The lowest BCUT2D eigenvalue weighted by Gasteiger charge is -2.16. The fourth-order valence-electron chi connectivity index (χ4n) is 2.63. The molecule has 1 aliphatic rings. The number of benzene rings is 1. The average Bonchev–Trinajstić information content (AvgIpc) is 2.75. The summed E-state index contributed by atoms with van der Waals surface area (Å²) in [6.07, 6.45) is 4.72. The number of hydrogen-bond acceptors (Lipinski definition) is 3. The maximum absolute atomic E-state index is 6.10. The van der Waals surface area contributed by atoms with E-state index in [9.17, 15) is 0 Å². The number of ether oxygens (including phenoxy) is 2. The summed E-state index contributed by atoms with van der Waals surface area (Å²) in [6, 6.07) is 6.49. The van der Waals surface area contributed by atoms with Gasteiger partial charge in [-0.2, -0.15) is 0 Å². The molecule has 2 unspecified atom stereocenters. The number of methoxy groups -OCH3 is 2. The molecule has 2 rings (SSSR count). The minimum Gasteiger partial charge on any atom is -0.493 e. The van der Waals surface area contributed by atoms with Crippen molar-refractivity contribution in [2.75, 3.05) is 14.2 Å². The highest BCUT2D eigenvalue weighted by atomic mass is 16.5. The molecular formula is C14H21NO2. The van der Waals surface area contributed by atoms with Crippen molar-refractivity contribution in [3.05, 3.63) is 23.8 Å². The van der Waals surface area contributed by atoms with E-state index in [1.807, 2.05) is 6.07 Å². The zero-order chi connectivity index (χ0) is 12.3. The summed E-state index contributed by atoms with van der Waals surface area (Å²) in [5.41, 5.74) is 7.38. The van der Waals surface area contributed by atoms with Gasteiger partial charge in [0.05, 0.1) is 14.2 Å². The molecule has 0 aliphatic heterocycles. The lowest BCUT2D eigenvalue weighted by Crippen LogP contribution is -2.25. The SMILES string of the molecule is COc1ccc(CC2CCCC2N)cc1OC. The van der Waals surface area contributed by atoms with Crippen LogP contribution in [0.2, 0.25) is 0 Å². The van der Waals surface area contributed by atoms with E-state index in [0.717, 1.165) is 24.3 Å². The molecule has 94 valence electrons. The molecule has 2 N–H and O–H groups in total. The Morgan fingerprint density at radius 3 is 2.53 bits per heavy atom. The lowest BCUT2D eigenvalue weighted by molar-refractivity contribution is 0.354. The molecule has 1 fully saturated rings. The van der Waals surface area contributed by atoms with Crippen molar-refractivity contribution in [2.45, 2.75) is 31.7 Å². The first kappa shape index (κ1) is 12.2. The Balaban J connectivity index is 2.10. The summed E-state index contributed by atoms with van der Waals surface area (Å²) in [5.74, 6) is 2.21. The summed E-state index contributed by atoms with van der Waals surface area (Å²) in [7, 11) is 3.33. The van der Waals surface area contributed by atoms with Gasteiger partial charge < -0.3 is 15.2 Å². The summed E-state index contributed by atoms with van der Waals surface area (Å²) in [4.78, 5) is 0. The van der Waals surface area contributed by atoms with Gasteiger partial charge in [-0.3, -0.25) is 0 Å². The van der Waals surface area contributed by atoms with Crippen LogP contribution in [0.1, 0.15) is 24.8 Å². The third kappa shape index (κ3) is 2.72. The van der Waals surface area contributed by atoms with Gasteiger partial charge in [-0.05, 0) is 42.9 Å². The fraction of sp³-hybridized carbons (Fsp3) is 0.571. The van der Waals surface area contributed by atoms with Crippen molar-refractivity contribution in [1.29, 1.82) is 0 Å². The lowest BCUT2D eigenvalue weighted by atomic mass is 9.95. The quantitative estimate of drug-likeness (QED) is 0.871. The minimum atomic E-state index is 0.364. The molecule has 1 aromatic rings. The van der Waals surface area contributed by atoms with Crippen molar-refractivity contribution in [2.24, 2.45) is 11.7 Å². The predicted octanol–water partition coefficient (Wildman–Crippen LogP) is 2.37. The van der Waals surface area contributed by atoms with Crippen molar-refractivity contribution in [3.8, 4) is 11.5 Å². The number of hydrogen-bond donors (Lipinski definition) is 1. The van der Waals surface area contributed by atoms with Crippen molar-refractivity contribution in [3.63, 3.8) is 0 Å². The highest BCUT2D eigenvalue weighted by Crippen LogP contribution is 2.31. The first-order valence-electron chi connectivity index (χ1n) is 6.21. The summed E-state index contributed by atoms with van der Waals surface area (Å²) in [5, 5.41) is 0. The second kappa shape index (κ2) is 5.41. The van der Waals surface area contributed by atoms with E-state index in [4.69, 9.17) is 15.2 Å². The van der Waals surface area contributed by atoms with E-state index in [-0.39, 0.29) is 0 Å². The maximum atomic E-state index is 6.10. The first-order valence-corrected chi connectivity index (χ1v) is 6.21. The molecule has 0 amide bonds. The van der Waals surface area contributed by atoms with Crippen LogP contribution in [0.25, 0.3) is 0 Å². The highest BCUT2D eigenvalue weighted by molar-refractivity contribution is 5.43. The van der Waals surface area contributed by atoms with E-state index < -0.39 is 0 Å². The van der Waals surface area contributed by atoms with Gasteiger partial charge in [0.25, 0.3) is 0 Å². The first-order chi connectivity index (χ1) is 8.24. The normalized spacial score (nSPS) is 23.7.